The Balaban J connectivity index is 5.54. The van der Waals surface area contributed by atoms with E-state index in [4.69, 9.17) is 5.14 Å². The van der Waals surface area contributed by atoms with Gasteiger partial charge >= 0.3 is 0 Å². The summed E-state index contributed by atoms with van der Waals surface area (Å²) in [6.45, 7) is 20.5. The molecule has 0 aliphatic heterocycles. The molecular weight excluding hydrogens is 190 g/mol. The summed E-state index contributed by atoms with van der Waals surface area (Å²) in [5.74, 6) is 0. The number of hydrogen-bond donors (Lipinski definition) is 1. The third-order valence-corrected chi connectivity index (χ3v) is 8.69. The van der Waals surface area contributed by atoms with E-state index in [1.54, 1.807) is 0 Å². The summed E-state index contributed by atoms with van der Waals surface area (Å²) >= 11 is 0. The van der Waals surface area contributed by atoms with Gasteiger partial charge in [-0.15, -0.1) is 0 Å². The third-order valence-electron chi connectivity index (χ3n) is 2.90. The molecule has 0 rings (SSSR count). The van der Waals surface area contributed by atoms with E-state index in [1.165, 1.54) is 0 Å². The predicted octanol–water partition coefficient (Wildman–Crippen LogP) is 4.06. The van der Waals surface area contributed by atoms with Gasteiger partial charge in [-0.25, -0.2) is 0 Å². The molecule has 0 atom stereocenters. The Morgan fingerprint density at radius 3 is 0.714 bits per heavy atom. The maximum atomic E-state index is 6.81. The lowest BCUT2D eigenvalue weighted by atomic mass is 10.2. The summed E-state index contributed by atoms with van der Waals surface area (Å²) in [5.41, 5.74) is 0. The van der Waals surface area contributed by atoms with Gasteiger partial charge in [0.2, 0.25) is 0 Å². The van der Waals surface area contributed by atoms with Crippen LogP contribution < -0.4 is 5.14 Å². The lowest BCUT2D eigenvalue weighted by molar-refractivity contribution is 0.645. The average molecular weight is 219 g/mol. The van der Waals surface area contributed by atoms with Gasteiger partial charge in [0, 0.05) is 14.2 Å². The summed E-state index contributed by atoms with van der Waals surface area (Å²) in [7, 11) is -1.19. The van der Waals surface area contributed by atoms with Gasteiger partial charge in [0.25, 0.3) is 0 Å². The third kappa shape index (κ3) is 2.11. The molecule has 0 unspecified atom stereocenters. The topological polar surface area (TPSA) is 26.0 Å². The van der Waals surface area contributed by atoms with E-state index >= 15 is 0 Å². The minimum atomic E-state index is -1.19. The van der Waals surface area contributed by atoms with Crippen molar-refractivity contribution in [3.05, 3.63) is 0 Å². The molecule has 0 heterocycles. The first-order chi connectivity index (χ1) is 5.75. The molecule has 0 aromatic carbocycles. The van der Waals surface area contributed by atoms with Crippen LogP contribution in [0.4, 0.5) is 0 Å². The van der Waals surface area contributed by atoms with E-state index in [2.05, 4.69) is 62.3 Å². The van der Waals surface area contributed by atoms with Crippen molar-refractivity contribution in [1.82, 2.24) is 0 Å². The summed E-state index contributed by atoms with van der Waals surface area (Å²) in [6, 6.07) is 0. The van der Waals surface area contributed by atoms with Crippen molar-refractivity contribution in [2.75, 3.05) is 0 Å². The second-order valence-corrected chi connectivity index (χ2v) is 12.0. The minimum absolute atomic E-state index is 0.184. The Morgan fingerprint density at radius 2 is 0.714 bits per heavy atom. The van der Waals surface area contributed by atoms with Crippen molar-refractivity contribution in [3.63, 3.8) is 0 Å². The van der Waals surface area contributed by atoms with Crippen LogP contribution in [0.1, 0.15) is 62.3 Å². The van der Waals surface area contributed by atoms with Crippen molar-refractivity contribution in [2.24, 2.45) is 5.14 Å². The molecule has 0 saturated heterocycles. The fourth-order valence-electron chi connectivity index (χ4n) is 2.76. The van der Waals surface area contributed by atoms with Crippen LogP contribution in [-0.2, 0) is 0 Å². The largest absolute Gasteiger partial charge is 0.293 e. The quantitative estimate of drug-likeness (QED) is 0.653. The normalized spacial score (nSPS) is 17.0. The molecule has 1 nitrogen and oxygen atoms in total. The zero-order valence-electron chi connectivity index (χ0n) is 11.5. The SMILES string of the molecule is CC(C)(C)S(N)(C(C)(C)C)C(C)(C)C. The van der Waals surface area contributed by atoms with Gasteiger partial charge in [-0.05, 0) is 0 Å². The fraction of sp³-hybridized carbons (Fsp3) is 1.00. The molecule has 0 radical (unpaired) electrons. The molecule has 88 valence electrons. The smallest absolute Gasteiger partial charge is 0.00403 e. The predicted molar refractivity (Wildman–Crippen MR) is 71.0 cm³/mol. The molecule has 0 aliphatic rings. The van der Waals surface area contributed by atoms with Crippen LogP contribution in [0.15, 0.2) is 0 Å². The summed E-state index contributed by atoms with van der Waals surface area (Å²) < 4.78 is 0.552. The van der Waals surface area contributed by atoms with E-state index in [9.17, 15) is 0 Å². The maximum absolute atomic E-state index is 6.81. The lowest BCUT2D eigenvalue weighted by Crippen LogP contribution is -2.52. The second-order valence-electron chi connectivity index (χ2n) is 7.00. The van der Waals surface area contributed by atoms with Crippen LogP contribution in [0.25, 0.3) is 0 Å². The molecule has 2 heteroatoms. The molecule has 0 aliphatic carbocycles. The van der Waals surface area contributed by atoms with Crippen LogP contribution in [-0.4, -0.2) is 14.2 Å². The van der Waals surface area contributed by atoms with Crippen molar-refractivity contribution in [1.29, 1.82) is 0 Å². The molecular formula is C12H29NS. The fourth-order valence-corrected chi connectivity index (χ4v) is 8.27. The summed E-state index contributed by atoms with van der Waals surface area (Å²) in [5, 5.41) is 6.81. The highest BCUT2D eigenvalue weighted by Crippen LogP contribution is 2.69. The first-order valence-corrected chi connectivity index (χ1v) is 7.04. The average Bonchev–Trinajstić information content (AvgIpc) is 1.77. The van der Waals surface area contributed by atoms with Gasteiger partial charge in [0.1, 0.15) is 0 Å². The molecule has 0 spiro atoms. The van der Waals surface area contributed by atoms with E-state index in [0.29, 0.717) is 0 Å². The summed E-state index contributed by atoms with van der Waals surface area (Å²) in [6.07, 6.45) is 0. The maximum Gasteiger partial charge on any atom is 0.00403 e. The molecule has 0 bridgehead atoms. The van der Waals surface area contributed by atoms with Crippen molar-refractivity contribution in [3.8, 4) is 0 Å². The van der Waals surface area contributed by atoms with Crippen molar-refractivity contribution in [2.45, 2.75) is 76.6 Å². The van der Waals surface area contributed by atoms with E-state index in [1.807, 2.05) is 0 Å². The Bertz CT molecular complexity index is 164. The Morgan fingerprint density at radius 1 is 0.571 bits per heavy atom. The molecule has 0 amide bonds. The standard InChI is InChI=1S/C12H29NS/c1-10(2,3)14(13,11(4,5)6)12(7,8)9/h13H2,1-9H3. The van der Waals surface area contributed by atoms with Crippen LogP contribution in [0.2, 0.25) is 0 Å². The van der Waals surface area contributed by atoms with E-state index in [0.717, 1.165) is 0 Å². The van der Waals surface area contributed by atoms with Gasteiger partial charge in [0.15, 0.2) is 0 Å². The van der Waals surface area contributed by atoms with Gasteiger partial charge in [0.05, 0.1) is 0 Å². The van der Waals surface area contributed by atoms with Crippen LogP contribution >= 0.6 is 10.2 Å². The Kier molecular flexibility index (Phi) is 3.49. The van der Waals surface area contributed by atoms with Gasteiger partial charge in [-0.1, -0.05) is 62.3 Å². The van der Waals surface area contributed by atoms with E-state index < -0.39 is 10.2 Å². The number of hydrogen-bond acceptors (Lipinski definition) is 1. The Hall–Kier alpha value is 0.310. The first-order valence-electron chi connectivity index (χ1n) is 5.35. The molecule has 0 fully saturated rings. The van der Waals surface area contributed by atoms with E-state index in [-0.39, 0.29) is 14.2 Å². The number of rotatable bonds is 0. The highest BCUT2D eigenvalue weighted by atomic mass is 32.3. The van der Waals surface area contributed by atoms with Crippen molar-refractivity contribution >= 4 is 10.2 Å². The van der Waals surface area contributed by atoms with Gasteiger partial charge in [-0.2, -0.15) is 10.2 Å². The van der Waals surface area contributed by atoms with Crippen LogP contribution in [0, 0.1) is 0 Å². The lowest BCUT2D eigenvalue weighted by Gasteiger charge is -2.63. The Labute approximate surface area is 92.3 Å². The number of nitrogens with two attached hydrogens (primary N) is 1. The zero-order chi connectivity index (χ0) is 12.0. The second kappa shape index (κ2) is 3.41. The highest BCUT2D eigenvalue weighted by molar-refractivity contribution is 8.35. The molecule has 0 aromatic rings. The molecule has 0 aromatic heterocycles. The first kappa shape index (κ1) is 14.3. The molecule has 0 saturated carbocycles. The van der Waals surface area contributed by atoms with Crippen LogP contribution in [0.3, 0.4) is 0 Å². The van der Waals surface area contributed by atoms with Gasteiger partial charge < -0.3 is 0 Å². The van der Waals surface area contributed by atoms with Crippen molar-refractivity contribution < 1.29 is 0 Å². The molecule has 14 heavy (non-hydrogen) atoms. The monoisotopic (exact) mass is 219 g/mol. The summed E-state index contributed by atoms with van der Waals surface area (Å²) in [4.78, 5) is 0. The zero-order valence-corrected chi connectivity index (χ0v) is 12.3. The molecule has 2 N–H and O–H groups in total. The minimum Gasteiger partial charge on any atom is -0.293 e. The highest BCUT2D eigenvalue weighted by Gasteiger charge is 2.49. The van der Waals surface area contributed by atoms with Crippen LogP contribution in [0.5, 0.6) is 0 Å². The van der Waals surface area contributed by atoms with Gasteiger partial charge in [-0.3, -0.25) is 5.14 Å².